The third-order valence-corrected chi connectivity index (χ3v) is 3.60. The van der Waals surface area contributed by atoms with Gasteiger partial charge in [-0.2, -0.15) is 0 Å². The molecule has 2 rings (SSSR count). The van der Waals surface area contributed by atoms with Crippen LogP contribution >= 0.6 is 11.6 Å². The molecule has 0 radical (unpaired) electrons. The van der Waals surface area contributed by atoms with Crippen molar-refractivity contribution >= 4 is 29.7 Å². The fraction of sp³-hybridized carbons (Fsp3) is 0.333. The van der Waals surface area contributed by atoms with E-state index < -0.39 is 23.6 Å². The van der Waals surface area contributed by atoms with E-state index in [-0.39, 0.29) is 0 Å². The van der Waals surface area contributed by atoms with Gasteiger partial charge in [-0.05, 0) is 39.3 Å². The maximum Gasteiger partial charge on any atom is 0.338 e. The molecule has 1 aliphatic heterocycles. The highest BCUT2D eigenvalue weighted by atomic mass is 35.5. The molecule has 0 unspecified atom stereocenters. The minimum absolute atomic E-state index is 0.293. The third-order valence-electron chi connectivity index (χ3n) is 3.27. The first-order valence-electron chi connectivity index (χ1n) is 7.61. The summed E-state index contributed by atoms with van der Waals surface area (Å²) in [4.78, 5) is 24.3. The molecule has 5 nitrogen and oxygen atoms in total. The van der Waals surface area contributed by atoms with E-state index in [0.29, 0.717) is 16.3 Å². The number of carbonyl (C=O) groups excluding carboxylic acids is 2. The first-order valence-corrected chi connectivity index (χ1v) is 7.99. The summed E-state index contributed by atoms with van der Waals surface area (Å²) in [5, 5.41) is 5.59. The molecule has 24 heavy (non-hydrogen) atoms. The van der Waals surface area contributed by atoms with Crippen LogP contribution in [0.3, 0.4) is 0 Å². The number of esters is 1. The molecule has 0 aromatic heterocycles. The van der Waals surface area contributed by atoms with E-state index in [1.807, 2.05) is 30.3 Å². The fourth-order valence-corrected chi connectivity index (χ4v) is 2.59. The first-order chi connectivity index (χ1) is 11.2. The quantitative estimate of drug-likeness (QED) is 0.821. The van der Waals surface area contributed by atoms with E-state index in [0.717, 1.165) is 5.56 Å². The Morgan fingerprint density at radius 1 is 1.25 bits per heavy atom. The van der Waals surface area contributed by atoms with Crippen molar-refractivity contribution in [1.82, 2.24) is 10.6 Å². The van der Waals surface area contributed by atoms with Crippen molar-refractivity contribution in [3.05, 3.63) is 52.2 Å². The van der Waals surface area contributed by atoms with Crippen molar-refractivity contribution in [1.29, 1.82) is 0 Å². The number of hydrogen-bond donors (Lipinski definition) is 2. The van der Waals surface area contributed by atoms with Crippen molar-refractivity contribution < 1.29 is 14.3 Å². The summed E-state index contributed by atoms with van der Waals surface area (Å²) in [6.07, 6.45) is 1.72. The first kappa shape index (κ1) is 18.1. The monoisotopic (exact) mass is 348 g/mol. The Kier molecular flexibility index (Phi) is 5.34. The Morgan fingerprint density at radius 2 is 1.88 bits per heavy atom. The maximum absolute atomic E-state index is 12.5. The topological polar surface area (TPSA) is 67.4 Å². The third kappa shape index (κ3) is 4.61. The summed E-state index contributed by atoms with van der Waals surface area (Å²) in [5.74, 6) is -0.517. The smallest absolute Gasteiger partial charge is 0.338 e. The lowest BCUT2D eigenvalue weighted by Crippen LogP contribution is -2.50. The highest BCUT2D eigenvalue weighted by Gasteiger charge is 2.34. The number of amides is 2. The van der Waals surface area contributed by atoms with Crippen LogP contribution in [0.1, 0.15) is 33.3 Å². The fourth-order valence-electron chi connectivity index (χ4n) is 2.30. The highest BCUT2D eigenvalue weighted by Crippen LogP contribution is 2.26. The number of benzene rings is 1. The van der Waals surface area contributed by atoms with Crippen molar-refractivity contribution in [2.24, 2.45) is 0 Å². The molecule has 1 aromatic carbocycles. The van der Waals surface area contributed by atoms with Crippen LogP contribution in [0, 0.1) is 0 Å². The predicted octanol–water partition coefficient (Wildman–Crippen LogP) is 3.56. The van der Waals surface area contributed by atoms with Gasteiger partial charge >= 0.3 is 12.0 Å². The molecular formula is C18H21ClN2O3. The van der Waals surface area contributed by atoms with Crippen LogP contribution in [0.15, 0.2) is 46.6 Å². The van der Waals surface area contributed by atoms with Gasteiger partial charge in [0.2, 0.25) is 0 Å². The number of halogens is 1. The van der Waals surface area contributed by atoms with Gasteiger partial charge in [0.15, 0.2) is 0 Å². The number of hydrogen-bond acceptors (Lipinski definition) is 3. The van der Waals surface area contributed by atoms with Gasteiger partial charge < -0.3 is 15.4 Å². The van der Waals surface area contributed by atoms with Crippen molar-refractivity contribution in [3.63, 3.8) is 0 Å². The van der Waals surface area contributed by atoms with E-state index in [1.165, 1.54) is 0 Å². The molecular weight excluding hydrogens is 328 g/mol. The molecule has 1 atom stereocenters. The number of allylic oxidation sites excluding steroid dienone is 1. The predicted molar refractivity (Wildman–Crippen MR) is 94.3 cm³/mol. The van der Waals surface area contributed by atoms with E-state index in [1.54, 1.807) is 33.8 Å². The summed E-state index contributed by atoms with van der Waals surface area (Å²) in [5.41, 5.74) is 0.946. The van der Waals surface area contributed by atoms with E-state index in [9.17, 15) is 9.59 Å². The van der Waals surface area contributed by atoms with E-state index >= 15 is 0 Å². The van der Waals surface area contributed by atoms with Crippen LogP contribution in [0.25, 0.3) is 6.08 Å². The zero-order valence-electron chi connectivity index (χ0n) is 14.1. The van der Waals surface area contributed by atoms with Crippen LogP contribution in [-0.4, -0.2) is 23.6 Å². The molecule has 0 saturated heterocycles. The Balaban J connectivity index is 2.38. The molecule has 1 aromatic rings. The van der Waals surface area contributed by atoms with E-state index in [4.69, 9.17) is 16.3 Å². The van der Waals surface area contributed by atoms with Gasteiger partial charge in [0, 0.05) is 10.7 Å². The SMILES string of the molecule is CC1=C(C(=O)OC(C)(C)C)[C@@H](/C(Cl)=C/c2ccccc2)NC(=O)N1. The lowest BCUT2D eigenvalue weighted by atomic mass is 10.0. The van der Waals surface area contributed by atoms with Gasteiger partial charge in [-0.15, -0.1) is 0 Å². The minimum Gasteiger partial charge on any atom is -0.456 e. The van der Waals surface area contributed by atoms with Gasteiger partial charge in [-0.25, -0.2) is 9.59 Å². The molecule has 2 amide bonds. The lowest BCUT2D eigenvalue weighted by Gasteiger charge is -2.29. The highest BCUT2D eigenvalue weighted by molar-refractivity contribution is 6.33. The molecule has 0 fully saturated rings. The summed E-state index contributed by atoms with van der Waals surface area (Å²) in [6.45, 7) is 7.00. The molecule has 1 heterocycles. The Labute approximate surface area is 146 Å². The average Bonchev–Trinajstić information content (AvgIpc) is 2.45. The van der Waals surface area contributed by atoms with Crippen LogP contribution < -0.4 is 10.6 Å². The Hall–Kier alpha value is -2.27. The summed E-state index contributed by atoms with van der Waals surface area (Å²) < 4.78 is 5.44. The zero-order chi connectivity index (χ0) is 17.9. The van der Waals surface area contributed by atoms with Crippen LogP contribution in [-0.2, 0) is 9.53 Å². The maximum atomic E-state index is 12.5. The molecule has 2 N–H and O–H groups in total. The Morgan fingerprint density at radius 3 is 2.46 bits per heavy atom. The standard InChI is InChI=1S/C18H21ClN2O3/c1-11-14(16(22)24-18(2,3)4)15(21-17(23)20-11)13(19)10-12-8-6-5-7-9-12/h5-10,15H,1-4H3,(H2,20,21,23)/b13-10-/t15-/m1/s1. The van der Waals surface area contributed by atoms with Crippen LogP contribution in [0.2, 0.25) is 0 Å². The molecule has 0 bridgehead atoms. The molecule has 0 aliphatic carbocycles. The van der Waals surface area contributed by atoms with Gasteiger partial charge in [0.1, 0.15) is 11.6 Å². The normalized spacial score (nSPS) is 18.8. The second-order valence-corrected chi connectivity index (χ2v) is 6.95. The second kappa shape index (κ2) is 7.09. The van der Waals surface area contributed by atoms with Gasteiger partial charge in [0.05, 0.1) is 5.57 Å². The van der Waals surface area contributed by atoms with Crippen LogP contribution in [0.5, 0.6) is 0 Å². The number of rotatable bonds is 3. The Bertz CT molecular complexity index is 703. The molecule has 1 aliphatic rings. The van der Waals surface area contributed by atoms with Crippen molar-refractivity contribution in [3.8, 4) is 0 Å². The lowest BCUT2D eigenvalue weighted by molar-refractivity contribution is -0.150. The minimum atomic E-state index is -0.754. The second-order valence-electron chi connectivity index (χ2n) is 6.51. The number of urea groups is 1. The summed E-state index contributed by atoms with van der Waals surface area (Å²) >= 11 is 6.41. The van der Waals surface area contributed by atoms with E-state index in [2.05, 4.69) is 10.6 Å². The van der Waals surface area contributed by atoms with Crippen molar-refractivity contribution in [2.45, 2.75) is 39.3 Å². The van der Waals surface area contributed by atoms with Gasteiger partial charge in [0.25, 0.3) is 0 Å². The molecule has 0 saturated carbocycles. The van der Waals surface area contributed by atoms with Gasteiger partial charge in [-0.3, -0.25) is 0 Å². The van der Waals surface area contributed by atoms with Crippen molar-refractivity contribution in [2.75, 3.05) is 0 Å². The average molecular weight is 349 g/mol. The summed E-state index contributed by atoms with van der Waals surface area (Å²) in [7, 11) is 0. The number of carbonyl (C=O) groups is 2. The molecule has 0 spiro atoms. The summed E-state index contributed by atoms with van der Waals surface area (Å²) in [6, 6.07) is 8.26. The van der Waals surface area contributed by atoms with Crippen LogP contribution in [0.4, 0.5) is 4.79 Å². The largest absolute Gasteiger partial charge is 0.456 e. The van der Waals surface area contributed by atoms with Gasteiger partial charge in [-0.1, -0.05) is 41.9 Å². The molecule has 6 heteroatoms. The molecule has 128 valence electrons. The zero-order valence-corrected chi connectivity index (χ0v) is 14.9. The number of nitrogens with one attached hydrogen (secondary N) is 2. The number of ether oxygens (including phenoxy) is 1.